The Labute approximate surface area is 197 Å². The average Bonchev–Trinajstić information content (AvgIpc) is 3.39. The summed E-state index contributed by atoms with van der Waals surface area (Å²) in [5, 5.41) is 0. The van der Waals surface area contributed by atoms with Crippen LogP contribution in [0.4, 0.5) is 19.0 Å². The highest BCUT2D eigenvalue weighted by Crippen LogP contribution is 2.48. The zero-order valence-electron chi connectivity index (χ0n) is 18.9. The molecular weight excluding hydrogens is 461 g/mol. The highest BCUT2D eigenvalue weighted by atomic mass is 19.4. The number of rotatable bonds is 1. The molecule has 0 spiro atoms. The topological polar surface area (TPSA) is 98.6 Å². The first-order chi connectivity index (χ1) is 16.6. The maximum absolute atomic E-state index is 13.8. The van der Waals surface area contributed by atoms with Gasteiger partial charge in [0, 0.05) is 11.6 Å². The number of likely N-dealkylation sites (tertiary alicyclic amines) is 1. The number of piperidine rings is 1. The molecule has 0 saturated carbocycles. The van der Waals surface area contributed by atoms with Crippen molar-refractivity contribution in [3.8, 4) is 5.75 Å². The van der Waals surface area contributed by atoms with E-state index >= 15 is 0 Å². The lowest BCUT2D eigenvalue weighted by Gasteiger charge is -2.41. The largest absolute Gasteiger partial charge is 0.488 e. The summed E-state index contributed by atoms with van der Waals surface area (Å²) in [5.74, 6) is 0.843. The summed E-state index contributed by atoms with van der Waals surface area (Å²) >= 11 is 0. The van der Waals surface area contributed by atoms with Gasteiger partial charge in [-0.25, -0.2) is 15.0 Å². The summed E-state index contributed by atoms with van der Waals surface area (Å²) < 4.78 is 47.4. The number of amides is 1. The Hall–Kier alpha value is -3.89. The molecule has 4 aromatic rings. The molecular formula is C24H21F3N6O2. The van der Waals surface area contributed by atoms with Crippen molar-refractivity contribution in [3.05, 3.63) is 59.3 Å². The van der Waals surface area contributed by atoms with E-state index in [2.05, 4.69) is 15.0 Å². The molecule has 1 saturated heterocycles. The van der Waals surface area contributed by atoms with Crippen molar-refractivity contribution in [2.24, 2.45) is 0 Å². The number of nitrogens with zero attached hydrogens (tertiary/aromatic N) is 5. The number of fused-ring (bicyclic) bond motifs is 6. The number of carbonyl (C=O) groups excluding carboxylic acids is 1. The number of hydrogen-bond donors (Lipinski definition) is 1. The van der Waals surface area contributed by atoms with Crippen LogP contribution >= 0.6 is 0 Å². The minimum absolute atomic E-state index is 0.155. The van der Waals surface area contributed by atoms with Gasteiger partial charge >= 0.3 is 6.18 Å². The van der Waals surface area contributed by atoms with Gasteiger partial charge in [0.05, 0.1) is 29.5 Å². The van der Waals surface area contributed by atoms with Crippen LogP contribution in [0.3, 0.4) is 0 Å². The molecule has 8 nitrogen and oxygen atoms in total. The molecule has 0 aliphatic carbocycles. The van der Waals surface area contributed by atoms with E-state index in [9.17, 15) is 18.0 Å². The minimum atomic E-state index is -4.47. The Morgan fingerprint density at radius 2 is 1.94 bits per heavy atom. The van der Waals surface area contributed by atoms with E-state index in [-0.39, 0.29) is 23.4 Å². The SMILES string of the molecule is Cc1ncc2c(N)nc3cnc(C(=O)N4C5c6ccc(C(F)(F)F)cc6OC5CC[C@H]4C)cc3n12. The third-order valence-corrected chi connectivity index (χ3v) is 6.93. The van der Waals surface area contributed by atoms with E-state index in [4.69, 9.17) is 10.5 Å². The standard InChI is InChI=1S/C24H21F3N6O2/c1-11-3-6-19-21(14-5-4-13(24(25,26)27)7-20(14)35-19)32(11)23(34)15-8-17-16(9-30-15)31-22(28)18-10-29-12(2)33(17)18/h4-5,7-11,19,21H,3,6H2,1-2H3,(H2,28,31)/t11-,19?,21?/m1/s1. The molecule has 35 heavy (non-hydrogen) atoms. The molecule has 3 atom stereocenters. The van der Waals surface area contributed by atoms with E-state index in [1.807, 2.05) is 18.2 Å². The van der Waals surface area contributed by atoms with Crippen molar-refractivity contribution in [1.82, 2.24) is 24.3 Å². The number of ether oxygens (including phenoxy) is 1. The third-order valence-electron chi connectivity index (χ3n) is 6.93. The van der Waals surface area contributed by atoms with Gasteiger partial charge in [0.25, 0.3) is 5.91 Å². The van der Waals surface area contributed by atoms with Gasteiger partial charge < -0.3 is 15.4 Å². The van der Waals surface area contributed by atoms with Crippen LogP contribution in [0.1, 0.15) is 53.2 Å². The quantitative estimate of drug-likeness (QED) is 0.434. The van der Waals surface area contributed by atoms with Gasteiger partial charge in [-0.1, -0.05) is 6.07 Å². The second-order valence-electron chi connectivity index (χ2n) is 9.07. The van der Waals surface area contributed by atoms with Crippen molar-refractivity contribution in [2.75, 3.05) is 5.73 Å². The summed E-state index contributed by atoms with van der Waals surface area (Å²) in [5.41, 5.74) is 7.84. The van der Waals surface area contributed by atoms with Gasteiger partial charge in [-0.2, -0.15) is 13.2 Å². The van der Waals surface area contributed by atoms with Crippen LogP contribution < -0.4 is 10.5 Å². The number of pyridine rings is 1. The van der Waals surface area contributed by atoms with E-state index in [1.54, 1.807) is 17.2 Å². The maximum Gasteiger partial charge on any atom is 0.416 e. The van der Waals surface area contributed by atoms with Crippen LogP contribution in [-0.2, 0) is 6.18 Å². The summed E-state index contributed by atoms with van der Waals surface area (Å²) in [7, 11) is 0. The predicted octanol–water partition coefficient (Wildman–Crippen LogP) is 4.31. The zero-order chi connectivity index (χ0) is 24.6. The normalized spacial score (nSPS) is 21.7. The fourth-order valence-electron chi connectivity index (χ4n) is 5.24. The van der Waals surface area contributed by atoms with Crippen LogP contribution in [0.25, 0.3) is 16.6 Å². The highest BCUT2D eigenvalue weighted by Gasteiger charge is 2.47. The van der Waals surface area contributed by atoms with Crippen molar-refractivity contribution < 1.29 is 22.7 Å². The Balaban J connectivity index is 1.44. The molecule has 1 aromatic carbocycles. The number of aromatic nitrogens is 4. The molecule has 2 unspecified atom stereocenters. The number of nitrogen functional groups attached to an aromatic ring is 1. The molecule has 0 radical (unpaired) electrons. The van der Waals surface area contributed by atoms with Gasteiger partial charge in [0.1, 0.15) is 40.2 Å². The Bertz CT molecular complexity index is 1510. The van der Waals surface area contributed by atoms with Gasteiger partial charge in [-0.3, -0.25) is 9.20 Å². The summed E-state index contributed by atoms with van der Waals surface area (Å²) in [6.45, 7) is 3.75. The van der Waals surface area contributed by atoms with Crippen molar-refractivity contribution in [3.63, 3.8) is 0 Å². The molecule has 11 heteroatoms. The molecule has 1 amide bonds. The van der Waals surface area contributed by atoms with Gasteiger partial charge in [-0.15, -0.1) is 0 Å². The summed E-state index contributed by atoms with van der Waals surface area (Å²) in [4.78, 5) is 28.5. The number of benzene rings is 1. The van der Waals surface area contributed by atoms with Crippen LogP contribution in [-0.4, -0.2) is 42.3 Å². The zero-order valence-corrected chi connectivity index (χ0v) is 18.9. The number of imidazole rings is 1. The lowest BCUT2D eigenvalue weighted by molar-refractivity contribution is -0.137. The molecule has 6 rings (SSSR count). The fraction of sp³-hybridized carbons (Fsp3) is 0.333. The Kier molecular flexibility index (Phi) is 4.51. The first-order valence-corrected chi connectivity index (χ1v) is 11.2. The number of nitrogens with two attached hydrogens (primary N) is 1. The third kappa shape index (κ3) is 3.21. The van der Waals surface area contributed by atoms with Crippen LogP contribution in [0.15, 0.2) is 36.7 Å². The van der Waals surface area contributed by atoms with Crippen molar-refractivity contribution in [1.29, 1.82) is 0 Å². The molecule has 2 aliphatic rings. The smallest absolute Gasteiger partial charge is 0.416 e. The monoisotopic (exact) mass is 482 g/mol. The Morgan fingerprint density at radius 3 is 2.71 bits per heavy atom. The molecule has 180 valence electrons. The van der Waals surface area contributed by atoms with Crippen molar-refractivity contribution in [2.45, 2.75) is 51.1 Å². The van der Waals surface area contributed by atoms with E-state index in [0.717, 1.165) is 12.1 Å². The van der Waals surface area contributed by atoms with Crippen molar-refractivity contribution >= 4 is 28.3 Å². The first-order valence-electron chi connectivity index (χ1n) is 11.2. The number of halogens is 3. The van der Waals surface area contributed by atoms with Gasteiger partial charge in [0.15, 0.2) is 0 Å². The maximum atomic E-state index is 13.8. The van der Waals surface area contributed by atoms with E-state index in [1.165, 1.54) is 12.3 Å². The number of alkyl halides is 3. The summed E-state index contributed by atoms with van der Waals surface area (Å²) in [6, 6.07) is 4.48. The van der Waals surface area contributed by atoms with Crippen LogP contribution in [0, 0.1) is 6.92 Å². The molecule has 2 aliphatic heterocycles. The number of hydrogen-bond acceptors (Lipinski definition) is 6. The lowest BCUT2D eigenvalue weighted by Crippen LogP contribution is -2.49. The van der Waals surface area contributed by atoms with Crippen LogP contribution in [0.5, 0.6) is 5.75 Å². The number of anilines is 1. The van der Waals surface area contributed by atoms with E-state index in [0.29, 0.717) is 46.6 Å². The average molecular weight is 482 g/mol. The van der Waals surface area contributed by atoms with Gasteiger partial charge in [-0.05, 0) is 44.9 Å². The van der Waals surface area contributed by atoms with Gasteiger partial charge in [0.2, 0.25) is 0 Å². The molecule has 0 bridgehead atoms. The minimum Gasteiger partial charge on any atom is -0.488 e. The van der Waals surface area contributed by atoms with E-state index < -0.39 is 23.9 Å². The molecule has 2 N–H and O–H groups in total. The highest BCUT2D eigenvalue weighted by molar-refractivity contribution is 5.96. The predicted molar refractivity (Wildman–Crippen MR) is 121 cm³/mol. The molecule has 5 heterocycles. The summed E-state index contributed by atoms with van der Waals surface area (Å²) in [6.07, 6.45) is -0.480. The van der Waals surface area contributed by atoms with Crippen LogP contribution in [0.2, 0.25) is 0 Å². The lowest BCUT2D eigenvalue weighted by atomic mass is 9.90. The fourth-order valence-corrected chi connectivity index (χ4v) is 5.24. The second-order valence-corrected chi connectivity index (χ2v) is 9.07. The number of aryl methyl sites for hydroxylation is 1. The molecule has 1 fully saturated rings. The first kappa shape index (κ1) is 21.6. The number of carbonyl (C=O) groups is 1. The second kappa shape index (κ2) is 7.30. The Morgan fingerprint density at radius 1 is 1.14 bits per heavy atom. The molecule has 3 aromatic heterocycles.